The predicted molar refractivity (Wildman–Crippen MR) is 164 cm³/mol. The van der Waals surface area contributed by atoms with E-state index in [4.69, 9.17) is 34.1 Å². The number of rotatable bonds is 4. The zero-order chi connectivity index (χ0) is 38.9. The molecule has 0 atom stereocenters. The van der Waals surface area contributed by atoms with Crippen LogP contribution >= 0.6 is 0 Å². The van der Waals surface area contributed by atoms with Crippen LogP contribution < -0.4 is 4.90 Å². The van der Waals surface area contributed by atoms with E-state index in [0.29, 0.717) is 11.7 Å². The summed E-state index contributed by atoms with van der Waals surface area (Å²) >= 11 is 0. The van der Waals surface area contributed by atoms with Gasteiger partial charge in [-0.25, -0.2) is 24.4 Å². The highest BCUT2D eigenvalue weighted by molar-refractivity contribution is 5.82. The van der Waals surface area contributed by atoms with E-state index < -0.39 is 36.4 Å². The number of oxazole rings is 1. The van der Waals surface area contributed by atoms with Gasteiger partial charge >= 0.3 is 36.4 Å². The van der Waals surface area contributed by atoms with Gasteiger partial charge in [0, 0.05) is 44.5 Å². The Bertz CT molecular complexity index is 1860. The zero-order valence-corrected chi connectivity index (χ0v) is 26.1. The van der Waals surface area contributed by atoms with Gasteiger partial charge in [0.2, 0.25) is 0 Å². The molecular formula is C31H26F9N5O7. The van der Waals surface area contributed by atoms with Gasteiger partial charge in [-0.05, 0) is 29.8 Å². The molecule has 1 saturated heterocycles. The number of aromatic amines is 1. The van der Waals surface area contributed by atoms with Crippen LogP contribution in [-0.2, 0) is 20.9 Å². The molecule has 0 bridgehead atoms. The molecule has 12 nitrogen and oxygen atoms in total. The van der Waals surface area contributed by atoms with E-state index >= 15 is 0 Å². The molecule has 1 aliphatic rings. The zero-order valence-electron chi connectivity index (χ0n) is 26.1. The maximum atomic E-state index is 10.6. The molecule has 6 rings (SSSR count). The lowest BCUT2D eigenvalue weighted by molar-refractivity contribution is -0.193. The molecule has 3 heterocycles. The summed E-state index contributed by atoms with van der Waals surface area (Å²) in [7, 11) is 0. The molecule has 280 valence electrons. The third kappa shape index (κ3) is 12.2. The van der Waals surface area contributed by atoms with Gasteiger partial charge < -0.3 is 29.6 Å². The molecule has 52 heavy (non-hydrogen) atoms. The van der Waals surface area contributed by atoms with E-state index in [1.54, 1.807) is 0 Å². The van der Waals surface area contributed by atoms with Crippen molar-refractivity contribution >= 4 is 45.7 Å². The number of nitrogens with zero attached hydrogens (tertiary/aromatic N) is 4. The van der Waals surface area contributed by atoms with Crippen LogP contribution in [0.1, 0.15) is 5.56 Å². The number of para-hydroxylation sites is 2. The fourth-order valence-electron chi connectivity index (χ4n) is 4.27. The first-order valence-corrected chi connectivity index (χ1v) is 14.4. The number of nitrogens with one attached hydrogen (secondary N) is 1. The molecule has 0 radical (unpaired) electrons. The second-order valence-electron chi connectivity index (χ2n) is 10.4. The number of carboxylic acids is 3. The maximum Gasteiger partial charge on any atom is 0.490 e. The molecule has 0 spiro atoms. The topological polar surface area (TPSA) is 173 Å². The van der Waals surface area contributed by atoms with Gasteiger partial charge in [-0.2, -0.15) is 39.5 Å². The molecule has 0 aliphatic carbocycles. The lowest BCUT2D eigenvalue weighted by Crippen LogP contribution is -2.45. The van der Waals surface area contributed by atoms with Crippen LogP contribution in [0.5, 0.6) is 0 Å². The second-order valence-corrected chi connectivity index (χ2v) is 10.4. The van der Waals surface area contributed by atoms with E-state index in [-0.39, 0.29) is 0 Å². The maximum absolute atomic E-state index is 10.6. The smallest absolute Gasteiger partial charge is 0.475 e. The number of benzene rings is 3. The minimum Gasteiger partial charge on any atom is -0.475 e. The fraction of sp³-hybridized carbons (Fsp3) is 0.258. The largest absolute Gasteiger partial charge is 0.490 e. The molecule has 3 aromatic carbocycles. The van der Waals surface area contributed by atoms with Crippen LogP contribution in [0, 0.1) is 0 Å². The average molecular weight is 752 g/mol. The number of anilines is 1. The van der Waals surface area contributed by atoms with E-state index in [1.165, 1.54) is 11.3 Å². The second kappa shape index (κ2) is 16.9. The van der Waals surface area contributed by atoms with E-state index in [2.05, 4.69) is 67.2 Å². The SMILES string of the molecule is O=C(O)C(F)(F)F.O=C(O)C(F)(F)F.O=C(O)C(F)(F)F.c1ccc(CN2CCN(c3ccc4nc(-c5nc6ccccc6[nH]5)oc4c3)CC2)cc1. The minimum atomic E-state index is -5.08. The lowest BCUT2D eigenvalue weighted by atomic mass is 10.2. The quantitative estimate of drug-likeness (QED) is 0.146. The Morgan fingerprint density at radius 2 is 1.17 bits per heavy atom. The molecule has 0 unspecified atom stereocenters. The number of aliphatic carboxylic acids is 3. The van der Waals surface area contributed by atoms with Crippen LogP contribution in [0.15, 0.2) is 77.2 Å². The summed E-state index contributed by atoms with van der Waals surface area (Å²) in [6.45, 7) is 5.11. The Labute approximate surface area is 285 Å². The molecule has 2 aromatic heterocycles. The van der Waals surface area contributed by atoms with Crippen LogP contribution in [0.25, 0.3) is 33.8 Å². The van der Waals surface area contributed by atoms with E-state index in [0.717, 1.165) is 54.9 Å². The lowest BCUT2D eigenvalue weighted by Gasteiger charge is -2.36. The summed E-state index contributed by atoms with van der Waals surface area (Å²) in [6.07, 6.45) is -15.3. The van der Waals surface area contributed by atoms with Crippen LogP contribution in [-0.4, -0.2) is 97.8 Å². The number of alkyl halides is 9. The van der Waals surface area contributed by atoms with Crippen molar-refractivity contribution < 1.29 is 73.6 Å². The highest BCUT2D eigenvalue weighted by Gasteiger charge is 2.39. The third-order valence-corrected chi connectivity index (χ3v) is 6.68. The Morgan fingerprint density at radius 1 is 0.673 bits per heavy atom. The summed E-state index contributed by atoms with van der Waals surface area (Å²) in [5.74, 6) is -7.09. The average Bonchev–Trinajstić information content (AvgIpc) is 3.69. The first kappa shape index (κ1) is 40.6. The van der Waals surface area contributed by atoms with E-state index in [1.807, 2.05) is 30.3 Å². The highest BCUT2D eigenvalue weighted by Crippen LogP contribution is 2.28. The Kier molecular flexibility index (Phi) is 13.2. The number of imidazole rings is 1. The number of fused-ring (bicyclic) bond motifs is 2. The number of carbonyl (C=O) groups is 3. The highest BCUT2D eigenvalue weighted by atomic mass is 19.4. The van der Waals surface area contributed by atoms with Crippen LogP contribution in [0.3, 0.4) is 0 Å². The Balaban J connectivity index is 0.000000285. The molecule has 21 heteroatoms. The Hall–Kier alpha value is -5.86. The molecule has 5 aromatic rings. The summed E-state index contributed by atoms with van der Waals surface area (Å²) in [5, 5.41) is 21.4. The number of halogens is 9. The van der Waals surface area contributed by atoms with E-state index in [9.17, 15) is 39.5 Å². The first-order valence-electron chi connectivity index (χ1n) is 14.4. The van der Waals surface area contributed by atoms with Crippen molar-refractivity contribution in [3.05, 3.63) is 78.4 Å². The number of H-pyrrole nitrogens is 1. The van der Waals surface area contributed by atoms with Crippen LogP contribution in [0.4, 0.5) is 45.2 Å². The number of piperazine rings is 1. The molecule has 1 aliphatic heterocycles. The van der Waals surface area contributed by atoms with Crippen molar-refractivity contribution in [3.8, 4) is 11.7 Å². The molecule has 4 N–H and O–H groups in total. The van der Waals surface area contributed by atoms with Crippen molar-refractivity contribution in [1.82, 2.24) is 19.9 Å². The van der Waals surface area contributed by atoms with Gasteiger partial charge in [-0.15, -0.1) is 0 Å². The van der Waals surface area contributed by atoms with Crippen LogP contribution in [0.2, 0.25) is 0 Å². The normalized spacial score (nSPS) is 13.6. The molecule has 0 saturated carbocycles. The van der Waals surface area contributed by atoms with Crippen molar-refractivity contribution in [3.63, 3.8) is 0 Å². The van der Waals surface area contributed by atoms with Gasteiger partial charge in [-0.1, -0.05) is 42.5 Å². The summed E-state index contributed by atoms with van der Waals surface area (Å²) in [5.41, 5.74) is 6.08. The van der Waals surface area contributed by atoms with Gasteiger partial charge in [0.25, 0.3) is 5.89 Å². The third-order valence-electron chi connectivity index (χ3n) is 6.68. The number of carboxylic acid groups (broad SMARTS) is 3. The Morgan fingerprint density at radius 3 is 1.67 bits per heavy atom. The molecule has 1 fully saturated rings. The summed E-state index contributed by atoms with van der Waals surface area (Å²) in [4.78, 5) is 44.2. The predicted octanol–water partition coefficient (Wildman–Crippen LogP) is 6.59. The monoisotopic (exact) mass is 751 g/mol. The first-order chi connectivity index (χ1) is 24.1. The van der Waals surface area contributed by atoms with Crippen molar-refractivity contribution in [1.29, 1.82) is 0 Å². The van der Waals surface area contributed by atoms with Gasteiger partial charge in [0.15, 0.2) is 11.4 Å². The number of aromatic nitrogens is 3. The van der Waals surface area contributed by atoms with Gasteiger partial charge in [0.05, 0.1) is 11.0 Å². The minimum absolute atomic E-state index is 0.524. The van der Waals surface area contributed by atoms with Crippen molar-refractivity contribution in [2.75, 3.05) is 31.1 Å². The number of hydrogen-bond acceptors (Lipinski definition) is 8. The summed E-state index contributed by atoms with van der Waals surface area (Å²) in [6, 6.07) is 24.9. The summed E-state index contributed by atoms with van der Waals surface area (Å²) < 4.78 is 101. The standard InChI is InChI=1S/C25H23N5O.3C2HF3O2/c1-2-6-18(7-3-1)17-29-12-14-30(15-13-29)19-10-11-22-23(16-19)31-25(28-22)24-26-20-8-4-5-9-21(20)27-24;3*3-2(4,5)1(6)7/h1-11,16H,12-15,17H2,(H,26,27);3*(H,6,7). The van der Waals surface area contributed by atoms with Gasteiger partial charge in [0.1, 0.15) is 5.52 Å². The van der Waals surface area contributed by atoms with Crippen molar-refractivity contribution in [2.45, 2.75) is 25.1 Å². The molecular weight excluding hydrogens is 725 g/mol. The fourth-order valence-corrected chi connectivity index (χ4v) is 4.27. The van der Waals surface area contributed by atoms with Crippen molar-refractivity contribution in [2.24, 2.45) is 0 Å². The van der Waals surface area contributed by atoms with Gasteiger partial charge in [-0.3, -0.25) is 4.90 Å². The molecule has 0 amide bonds. The number of hydrogen-bond donors (Lipinski definition) is 4.